The number of hydrogen-bond acceptors (Lipinski definition) is 4. The molecule has 0 aliphatic carbocycles. The fourth-order valence-electron chi connectivity index (χ4n) is 1.07. The predicted octanol–water partition coefficient (Wildman–Crippen LogP) is -0.188. The van der Waals surface area contributed by atoms with Crippen LogP contribution in [0.15, 0.2) is 4.79 Å². The molecule has 13 heavy (non-hydrogen) atoms. The first-order valence-corrected chi connectivity index (χ1v) is 4.77. The summed E-state index contributed by atoms with van der Waals surface area (Å²) in [7, 11) is 0. The molecule has 0 saturated heterocycles. The lowest BCUT2D eigenvalue weighted by molar-refractivity contribution is 0.623. The molecule has 0 aliphatic rings. The maximum Gasteiger partial charge on any atom is 0.364 e. The summed E-state index contributed by atoms with van der Waals surface area (Å²) in [5.74, 6) is 6.86. The van der Waals surface area contributed by atoms with Crippen LogP contribution in [0.5, 0.6) is 0 Å². The van der Waals surface area contributed by atoms with Gasteiger partial charge in [-0.1, -0.05) is 13.8 Å². The maximum absolute atomic E-state index is 11.4. The molecule has 1 aromatic heterocycles. The summed E-state index contributed by atoms with van der Waals surface area (Å²) in [6, 6.07) is 0. The standard InChI is InChI=1S/C7H14N4OS/c1-5(2)6-9-10(3-4-13)7(12)11(6)8/h5,13H,3-4,8H2,1-2H3. The second kappa shape index (κ2) is 3.87. The van der Waals surface area contributed by atoms with Crippen molar-refractivity contribution in [1.29, 1.82) is 0 Å². The third kappa shape index (κ3) is 1.88. The van der Waals surface area contributed by atoms with Gasteiger partial charge in [-0.2, -0.15) is 22.4 Å². The molecule has 6 heteroatoms. The Morgan fingerprint density at radius 1 is 1.62 bits per heavy atom. The quantitative estimate of drug-likeness (QED) is 0.527. The molecule has 0 fully saturated rings. The predicted molar refractivity (Wildman–Crippen MR) is 54.6 cm³/mol. The van der Waals surface area contributed by atoms with Gasteiger partial charge < -0.3 is 5.84 Å². The molecule has 5 nitrogen and oxygen atoms in total. The zero-order valence-electron chi connectivity index (χ0n) is 7.77. The average molecular weight is 202 g/mol. The van der Waals surface area contributed by atoms with Crippen LogP contribution in [-0.4, -0.2) is 20.2 Å². The summed E-state index contributed by atoms with van der Waals surface area (Å²) in [6.07, 6.45) is 0. The van der Waals surface area contributed by atoms with Gasteiger partial charge in [0, 0.05) is 11.7 Å². The van der Waals surface area contributed by atoms with E-state index in [0.717, 1.165) is 4.68 Å². The highest BCUT2D eigenvalue weighted by Crippen LogP contribution is 2.06. The van der Waals surface area contributed by atoms with Crippen molar-refractivity contribution >= 4 is 12.6 Å². The molecular weight excluding hydrogens is 188 g/mol. The van der Waals surface area contributed by atoms with Crippen molar-refractivity contribution in [2.75, 3.05) is 11.6 Å². The van der Waals surface area contributed by atoms with Gasteiger partial charge in [-0.3, -0.25) is 0 Å². The van der Waals surface area contributed by atoms with Crippen molar-refractivity contribution < 1.29 is 0 Å². The fraction of sp³-hybridized carbons (Fsp3) is 0.714. The Hall–Kier alpha value is -0.910. The minimum absolute atomic E-state index is 0.152. The molecule has 0 saturated carbocycles. The second-order valence-corrected chi connectivity index (χ2v) is 3.56. The van der Waals surface area contributed by atoms with E-state index in [2.05, 4.69) is 17.7 Å². The Balaban J connectivity index is 3.13. The molecule has 0 radical (unpaired) electrons. The second-order valence-electron chi connectivity index (χ2n) is 3.11. The summed E-state index contributed by atoms with van der Waals surface area (Å²) in [5.41, 5.74) is -0.280. The maximum atomic E-state index is 11.4. The Labute approximate surface area is 81.9 Å². The van der Waals surface area contributed by atoms with E-state index >= 15 is 0 Å². The summed E-state index contributed by atoms with van der Waals surface area (Å²) >= 11 is 4.02. The largest absolute Gasteiger partial charge is 0.364 e. The lowest BCUT2D eigenvalue weighted by Crippen LogP contribution is -2.31. The highest BCUT2D eigenvalue weighted by atomic mass is 32.1. The molecule has 1 heterocycles. The van der Waals surface area contributed by atoms with E-state index in [-0.39, 0.29) is 11.6 Å². The summed E-state index contributed by atoms with van der Waals surface area (Å²) in [4.78, 5) is 11.4. The molecule has 0 amide bonds. The number of nitrogen functional groups attached to an aromatic ring is 1. The monoisotopic (exact) mass is 202 g/mol. The van der Waals surface area contributed by atoms with Gasteiger partial charge >= 0.3 is 5.69 Å². The van der Waals surface area contributed by atoms with E-state index in [0.29, 0.717) is 18.1 Å². The Kier molecular flexibility index (Phi) is 3.02. The van der Waals surface area contributed by atoms with Gasteiger partial charge in [0.05, 0.1) is 6.54 Å². The first-order valence-electron chi connectivity index (χ1n) is 4.13. The summed E-state index contributed by atoms with van der Waals surface area (Å²) in [5, 5.41) is 4.09. The Bertz CT molecular complexity index is 341. The van der Waals surface area contributed by atoms with Crippen LogP contribution in [-0.2, 0) is 6.54 Å². The SMILES string of the molecule is CC(C)c1nn(CCS)c(=O)n1N. The van der Waals surface area contributed by atoms with E-state index in [1.54, 1.807) is 0 Å². The van der Waals surface area contributed by atoms with Gasteiger partial charge in [-0.25, -0.2) is 9.48 Å². The first kappa shape index (κ1) is 10.2. The number of thiol groups is 1. The smallest absolute Gasteiger partial charge is 0.333 e. The lowest BCUT2D eigenvalue weighted by atomic mass is 10.2. The van der Waals surface area contributed by atoms with Gasteiger partial charge in [0.15, 0.2) is 5.82 Å². The third-order valence-corrected chi connectivity index (χ3v) is 1.93. The van der Waals surface area contributed by atoms with Crippen molar-refractivity contribution in [3.05, 3.63) is 16.3 Å². The topological polar surface area (TPSA) is 65.8 Å². The van der Waals surface area contributed by atoms with E-state index in [4.69, 9.17) is 5.84 Å². The third-order valence-electron chi connectivity index (χ3n) is 1.73. The molecule has 0 aromatic carbocycles. The van der Waals surface area contributed by atoms with Crippen LogP contribution in [0.2, 0.25) is 0 Å². The van der Waals surface area contributed by atoms with Gasteiger partial charge in [0.25, 0.3) is 0 Å². The molecule has 0 spiro atoms. The normalized spacial score (nSPS) is 11.1. The Morgan fingerprint density at radius 2 is 2.23 bits per heavy atom. The zero-order valence-corrected chi connectivity index (χ0v) is 8.66. The minimum Gasteiger partial charge on any atom is -0.333 e. The van der Waals surface area contributed by atoms with E-state index < -0.39 is 0 Å². The number of aryl methyl sites for hydroxylation is 1. The van der Waals surface area contributed by atoms with Crippen LogP contribution in [0.25, 0.3) is 0 Å². The number of nitrogens with zero attached hydrogens (tertiary/aromatic N) is 3. The molecule has 0 unspecified atom stereocenters. The van der Waals surface area contributed by atoms with Crippen LogP contribution in [0.3, 0.4) is 0 Å². The van der Waals surface area contributed by atoms with Crippen molar-refractivity contribution in [2.45, 2.75) is 26.3 Å². The van der Waals surface area contributed by atoms with Crippen molar-refractivity contribution in [2.24, 2.45) is 0 Å². The zero-order chi connectivity index (χ0) is 10.0. The number of aromatic nitrogens is 3. The van der Waals surface area contributed by atoms with Gasteiger partial charge in [-0.05, 0) is 0 Å². The van der Waals surface area contributed by atoms with Crippen LogP contribution in [0.4, 0.5) is 0 Å². The molecule has 0 atom stereocenters. The summed E-state index contributed by atoms with van der Waals surface area (Å²) < 4.78 is 2.43. The van der Waals surface area contributed by atoms with Crippen molar-refractivity contribution in [1.82, 2.24) is 14.5 Å². The molecule has 0 bridgehead atoms. The Morgan fingerprint density at radius 3 is 2.62 bits per heavy atom. The molecule has 1 aromatic rings. The number of rotatable bonds is 3. The van der Waals surface area contributed by atoms with E-state index in [9.17, 15) is 4.79 Å². The molecule has 2 N–H and O–H groups in total. The summed E-state index contributed by atoms with van der Waals surface area (Å²) in [6.45, 7) is 4.37. The van der Waals surface area contributed by atoms with E-state index in [1.165, 1.54) is 4.68 Å². The van der Waals surface area contributed by atoms with Crippen LogP contribution >= 0.6 is 12.6 Å². The van der Waals surface area contributed by atoms with E-state index in [1.807, 2.05) is 13.8 Å². The number of hydrogen-bond donors (Lipinski definition) is 2. The highest BCUT2D eigenvalue weighted by molar-refractivity contribution is 7.80. The minimum atomic E-state index is -0.280. The fourth-order valence-corrected chi connectivity index (χ4v) is 1.26. The van der Waals surface area contributed by atoms with Crippen LogP contribution in [0.1, 0.15) is 25.6 Å². The van der Waals surface area contributed by atoms with Crippen molar-refractivity contribution in [3.63, 3.8) is 0 Å². The molecular formula is C7H14N4OS. The highest BCUT2D eigenvalue weighted by Gasteiger charge is 2.12. The molecule has 74 valence electrons. The average Bonchev–Trinajstić information content (AvgIpc) is 2.33. The van der Waals surface area contributed by atoms with Gasteiger partial charge in [0.2, 0.25) is 0 Å². The van der Waals surface area contributed by atoms with Gasteiger partial charge in [0.1, 0.15) is 0 Å². The van der Waals surface area contributed by atoms with Crippen LogP contribution in [0, 0.1) is 0 Å². The van der Waals surface area contributed by atoms with Crippen molar-refractivity contribution in [3.8, 4) is 0 Å². The molecule has 0 aliphatic heterocycles. The lowest BCUT2D eigenvalue weighted by Gasteiger charge is -2.00. The van der Waals surface area contributed by atoms with Gasteiger partial charge in [-0.15, -0.1) is 0 Å². The van der Waals surface area contributed by atoms with Crippen LogP contribution < -0.4 is 11.5 Å². The number of nitrogens with two attached hydrogens (primary N) is 1. The first-order chi connectivity index (χ1) is 6.07. The molecule has 1 rings (SSSR count).